The van der Waals surface area contributed by atoms with E-state index in [1.54, 1.807) is 48.2 Å². The summed E-state index contributed by atoms with van der Waals surface area (Å²) in [5.74, 6) is 0.306. The summed E-state index contributed by atoms with van der Waals surface area (Å²) in [4.78, 5) is 16.3. The summed E-state index contributed by atoms with van der Waals surface area (Å²) in [6.07, 6.45) is -0.582. The second-order valence-electron chi connectivity index (χ2n) is 5.98. The van der Waals surface area contributed by atoms with Crippen molar-refractivity contribution in [3.8, 4) is 5.75 Å². The van der Waals surface area contributed by atoms with Crippen molar-refractivity contribution >= 4 is 23.2 Å². The minimum atomic E-state index is -0.582. The number of amides is 1. The van der Waals surface area contributed by atoms with Crippen LogP contribution in [0.4, 0.5) is 10.1 Å². The number of piperazine rings is 1. The summed E-state index contributed by atoms with van der Waals surface area (Å²) >= 11 is 5.85. The van der Waals surface area contributed by atoms with Crippen molar-refractivity contribution in [2.45, 2.75) is 13.0 Å². The molecular weight excluding hydrogens is 343 g/mol. The number of ether oxygens (including phenoxy) is 1. The summed E-state index contributed by atoms with van der Waals surface area (Å²) in [5, 5.41) is 0.621. The highest BCUT2D eigenvalue weighted by molar-refractivity contribution is 6.30. The number of benzene rings is 2. The van der Waals surface area contributed by atoms with E-state index in [1.165, 1.54) is 6.07 Å². The molecule has 1 aliphatic rings. The molecule has 1 aliphatic heterocycles. The number of halogens is 2. The van der Waals surface area contributed by atoms with Crippen LogP contribution < -0.4 is 9.64 Å². The van der Waals surface area contributed by atoms with E-state index < -0.39 is 6.10 Å². The molecule has 1 heterocycles. The zero-order chi connectivity index (χ0) is 17.8. The van der Waals surface area contributed by atoms with E-state index in [2.05, 4.69) is 0 Å². The largest absolute Gasteiger partial charge is 0.481 e. The number of nitrogens with zero attached hydrogens (tertiary/aromatic N) is 2. The second-order valence-corrected chi connectivity index (χ2v) is 6.41. The highest BCUT2D eigenvalue weighted by Gasteiger charge is 2.26. The summed E-state index contributed by atoms with van der Waals surface area (Å²) < 4.78 is 19.6. The molecule has 0 bridgehead atoms. The smallest absolute Gasteiger partial charge is 0.263 e. The highest BCUT2D eigenvalue weighted by Crippen LogP contribution is 2.21. The Morgan fingerprint density at radius 2 is 1.72 bits per heavy atom. The van der Waals surface area contributed by atoms with Gasteiger partial charge in [0.05, 0.1) is 5.69 Å². The fourth-order valence-electron chi connectivity index (χ4n) is 2.90. The molecule has 0 unspecified atom stereocenters. The van der Waals surface area contributed by atoms with E-state index in [9.17, 15) is 9.18 Å². The van der Waals surface area contributed by atoms with Gasteiger partial charge in [-0.1, -0.05) is 23.7 Å². The van der Waals surface area contributed by atoms with Crippen molar-refractivity contribution in [3.63, 3.8) is 0 Å². The minimum absolute atomic E-state index is 0.0665. The third-order valence-corrected chi connectivity index (χ3v) is 4.51. The minimum Gasteiger partial charge on any atom is -0.481 e. The molecule has 2 aromatic carbocycles. The molecule has 1 saturated heterocycles. The summed E-state index contributed by atoms with van der Waals surface area (Å²) in [6.45, 7) is 4.02. The van der Waals surface area contributed by atoms with Crippen LogP contribution in [0.25, 0.3) is 0 Å². The fourth-order valence-corrected chi connectivity index (χ4v) is 3.03. The van der Waals surface area contributed by atoms with Gasteiger partial charge >= 0.3 is 0 Å². The molecule has 1 amide bonds. The van der Waals surface area contributed by atoms with Gasteiger partial charge in [0.25, 0.3) is 5.91 Å². The van der Waals surface area contributed by atoms with E-state index in [0.29, 0.717) is 42.6 Å². The van der Waals surface area contributed by atoms with Gasteiger partial charge in [-0.3, -0.25) is 4.79 Å². The van der Waals surface area contributed by atoms with E-state index in [0.717, 1.165) is 0 Å². The Labute approximate surface area is 151 Å². The maximum atomic E-state index is 13.9. The molecule has 132 valence electrons. The average Bonchev–Trinajstić information content (AvgIpc) is 2.63. The Morgan fingerprint density at radius 1 is 1.08 bits per heavy atom. The van der Waals surface area contributed by atoms with Crippen molar-refractivity contribution in [1.82, 2.24) is 4.90 Å². The van der Waals surface area contributed by atoms with Gasteiger partial charge in [-0.2, -0.15) is 0 Å². The van der Waals surface area contributed by atoms with Crippen molar-refractivity contribution in [1.29, 1.82) is 0 Å². The van der Waals surface area contributed by atoms with Crippen LogP contribution in [0.15, 0.2) is 48.5 Å². The zero-order valence-electron chi connectivity index (χ0n) is 14.0. The van der Waals surface area contributed by atoms with Crippen LogP contribution in [0.1, 0.15) is 6.92 Å². The van der Waals surface area contributed by atoms with Gasteiger partial charge in [-0.05, 0) is 43.3 Å². The van der Waals surface area contributed by atoms with Crippen molar-refractivity contribution in [2.75, 3.05) is 31.1 Å². The molecule has 4 nitrogen and oxygen atoms in total. The third-order valence-electron chi connectivity index (χ3n) is 4.26. The first-order valence-electron chi connectivity index (χ1n) is 8.25. The first-order valence-corrected chi connectivity index (χ1v) is 8.63. The molecular formula is C19H20ClFN2O2. The summed E-state index contributed by atoms with van der Waals surface area (Å²) in [5.41, 5.74) is 0.583. The molecule has 25 heavy (non-hydrogen) atoms. The summed E-state index contributed by atoms with van der Waals surface area (Å²) in [6, 6.07) is 13.6. The van der Waals surface area contributed by atoms with Gasteiger partial charge in [0.1, 0.15) is 11.6 Å². The lowest BCUT2D eigenvalue weighted by Crippen LogP contribution is -2.52. The SMILES string of the molecule is C[C@@H](Oc1ccc(Cl)cc1)C(=O)N1CCN(c2ccccc2F)CC1. The van der Waals surface area contributed by atoms with Crippen LogP contribution in [0.2, 0.25) is 5.02 Å². The van der Waals surface area contributed by atoms with E-state index in [4.69, 9.17) is 16.3 Å². The van der Waals surface area contributed by atoms with Gasteiger partial charge in [0.2, 0.25) is 0 Å². The predicted octanol–water partition coefficient (Wildman–Crippen LogP) is 3.60. The van der Waals surface area contributed by atoms with Crippen LogP contribution in [0.3, 0.4) is 0 Å². The van der Waals surface area contributed by atoms with Gasteiger partial charge in [0.15, 0.2) is 6.10 Å². The van der Waals surface area contributed by atoms with E-state index >= 15 is 0 Å². The molecule has 0 spiro atoms. The Hall–Kier alpha value is -2.27. The third kappa shape index (κ3) is 4.23. The van der Waals surface area contributed by atoms with Gasteiger partial charge in [0, 0.05) is 31.2 Å². The molecule has 0 aliphatic carbocycles. The lowest BCUT2D eigenvalue weighted by Gasteiger charge is -2.37. The molecule has 3 rings (SSSR count). The van der Waals surface area contributed by atoms with Crippen LogP contribution in [0.5, 0.6) is 5.75 Å². The number of carbonyl (C=O) groups excluding carboxylic acids is 1. The summed E-state index contributed by atoms with van der Waals surface area (Å²) in [7, 11) is 0. The normalized spacial score (nSPS) is 15.8. The average molecular weight is 363 g/mol. The molecule has 0 N–H and O–H groups in total. The molecule has 2 aromatic rings. The fraction of sp³-hybridized carbons (Fsp3) is 0.316. The monoisotopic (exact) mass is 362 g/mol. The molecule has 0 aromatic heterocycles. The Kier molecular flexibility index (Phi) is 5.43. The molecule has 0 saturated carbocycles. The van der Waals surface area contributed by atoms with Gasteiger partial charge < -0.3 is 14.5 Å². The molecule has 6 heteroatoms. The van der Waals surface area contributed by atoms with E-state index in [1.807, 2.05) is 11.0 Å². The van der Waals surface area contributed by atoms with Gasteiger partial charge in [-0.25, -0.2) is 4.39 Å². The number of para-hydroxylation sites is 1. The number of rotatable bonds is 4. The first kappa shape index (κ1) is 17.5. The standard InChI is InChI=1S/C19H20ClFN2O2/c1-14(25-16-8-6-15(20)7-9-16)19(24)23-12-10-22(11-13-23)18-5-3-2-4-17(18)21/h2-9,14H,10-13H2,1H3/t14-/m1/s1. The zero-order valence-corrected chi connectivity index (χ0v) is 14.7. The lowest BCUT2D eigenvalue weighted by molar-refractivity contribution is -0.138. The number of carbonyl (C=O) groups is 1. The number of hydrogen-bond donors (Lipinski definition) is 0. The Balaban J connectivity index is 1.56. The Morgan fingerprint density at radius 3 is 2.36 bits per heavy atom. The number of anilines is 1. The van der Waals surface area contributed by atoms with Gasteiger partial charge in [-0.15, -0.1) is 0 Å². The molecule has 1 atom stereocenters. The second kappa shape index (κ2) is 7.74. The van der Waals surface area contributed by atoms with Crippen LogP contribution in [-0.2, 0) is 4.79 Å². The molecule has 1 fully saturated rings. The van der Waals surface area contributed by atoms with Crippen LogP contribution in [-0.4, -0.2) is 43.1 Å². The maximum Gasteiger partial charge on any atom is 0.263 e. The highest BCUT2D eigenvalue weighted by atomic mass is 35.5. The van der Waals surface area contributed by atoms with Crippen molar-refractivity contribution in [3.05, 3.63) is 59.4 Å². The quantitative estimate of drug-likeness (QED) is 0.833. The lowest BCUT2D eigenvalue weighted by atomic mass is 10.2. The predicted molar refractivity (Wildman–Crippen MR) is 96.7 cm³/mol. The Bertz CT molecular complexity index is 730. The first-order chi connectivity index (χ1) is 12.0. The molecule has 0 radical (unpaired) electrons. The van der Waals surface area contributed by atoms with Crippen LogP contribution in [0, 0.1) is 5.82 Å². The topological polar surface area (TPSA) is 32.8 Å². The maximum absolute atomic E-state index is 13.9. The van der Waals surface area contributed by atoms with Crippen molar-refractivity contribution in [2.24, 2.45) is 0 Å². The van der Waals surface area contributed by atoms with Crippen molar-refractivity contribution < 1.29 is 13.9 Å². The number of hydrogen-bond acceptors (Lipinski definition) is 3. The van der Waals surface area contributed by atoms with Crippen LogP contribution >= 0.6 is 11.6 Å². The van der Waals surface area contributed by atoms with E-state index in [-0.39, 0.29) is 11.7 Å².